The Morgan fingerprint density at radius 2 is 2.12 bits per heavy atom. The number of fused-ring (bicyclic) bond motifs is 1. The summed E-state index contributed by atoms with van der Waals surface area (Å²) in [6.07, 6.45) is 2.25. The van der Waals surface area contributed by atoms with Crippen molar-refractivity contribution in [2.24, 2.45) is 5.92 Å². The summed E-state index contributed by atoms with van der Waals surface area (Å²) >= 11 is 5.83. The molecule has 1 heterocycles. The van der Waals surface area contributed by atoms with E-state index < -0.39 is 11.4 Å². The van der Waals surface area contributed by atoms with E-state index in [-0.39, 0.29) is 0 Å². The Hall–Kier alpha value is -1.55. The summed E-state index contributed by atoms with van der Waals surface area (Å²) in [4.78, 5) is 23.2. The van der Waals surface area contributed by atoms with E-state index in [1.54, 1.807) is 12.1 Å². The minimum absolute atomic E-state index is 0.359. The van der Waals surface area contributed by atoms with Crippen LogP contribution >= 0.6 is 11.6 Å². The van der Waals surface area contributed by atoms with Crippen molar-refractivity contribution in [3.63, 3.8) is 0 Å². The Kier molecular flexibility index (Phi) is 2.33. The van der Waals surface area contributed by atoms with Gasteiger partial charge in [0.1, 0.15) is 0 Å². The molecule has 3 rings (SSSR count). The monoisotopic (exact) mass is 251 g/mol. The second kappa shape index (κ2) is 3.74. The van der Waals surface area contributed by atoms with Crippen LogP contribution in [0, 0.1) is 5.92 Å². The van der Waals surface area contributed by atoms with E-state index in [2.05, 4.69) is 0 Å². The molecule has 0 unspecified atom stereocenters. The lowest BCUT2D eigenvalue weighted by atomic mass is 10.2. The third-order valence-corrected chi connectivity index (χ3v) is 3.24. The van der Waals surface area contributed by atoms with Crippen LogP contribution in [0.4, 0.5) is 0 Å². The summed E-state index contributed by atoms with van der Waals surface area (Å²) in [7, 11) is 0. The van der Waals surface area contributed by atoms with Gasteiger partial charge in [-0.05, 0) is 37.0 Å². The van der Waals surface area contributed by atoms with Crippen LogP contribution in [0.25, 0.3) is 10.9 Å². The molecule has 0 bridgehead atoms. The fraction of sp³-hybridized carbons (Fsp3) is 0.333. The molecule has 1 aromatic heterocycles. The zero-order chi connectivity index (χ0) is 12.0. The minimum atomic E-state index is -0.625. The van der Waals surface area contributed by atoms with Crippen LogP contribution in [-0.4, -0.2) is 4.57 Å². The number of aromatic nitrogens is 1. The van der Waals surface area contributed by atoms with Gasteiger partial charge in [0.2, 0.25) is 0 Å². The van der Waals surface area contributed by atoms with Crippen LogP contribution < -0.4 is 11.4 Å². The topological polar surface area (TPSA) is 52.2 Å². The lowest BCUT2D eigenvalue weighted by Crippen LogP contribution is -2.25. The van der Waals surface area contributed by atoms with Crippen LogP contribution in [-0.2, 0) is 6.54 Å². The summed E-state index contributed by atoms with van der Waals surface area (Å²) in [5, 5.41) is 0.819. The summed E-state index contributed by atoms with van der Waals surface area (Å²) in [5.74, 6) is -0.0593. The first-order valence-electron chi connectivity index (χ1n) is 5.48. The molecule has 0 amide bonds. The highest BCUT2D eigenvalue weighted by Gasteiger charge is 2.23. The van der Waals surface area contributed by atoms with Crippen molar-refractivity contribution >= 4 is 22.5 Å². The molecule has 0 radical (unpaired) electrons. The zero-order valence-corrected chi connectivity index (χ0v) is 9.74. The van der Waals surface area contributed by atoms with Gasteiger partial charge in [-0.25, -0.2) is 9.59 Å². The lowest BCUT2D eigenvalue weighted by Gasteiger charge is -2.07. The smallest absolute Gasteiger partial charge is 0.372 e. The first kappa shape index (κ1) is 10.6. The Bertz CT molecular complexity index is 697. The Labute approximate surface area is 101 Å². The van der Waals surface area contributed by atoms with E-state index in [1.165, 1.54) is 10.6 Å². The molecular weight excluding hydrogens is 242 g/mol. The van der Waals surface area contributed by atoms with Crippen molar-refractivity contribution in [3.8, 4) is 0 Å². The van der Waals surface area contributed by atoms with Crippen molar-refractivity contribution in [2.75, 3.05) is 0 Å². The maximum atomic E-state index is 11.7. The number of benzene rings is 1. The van der Waals surface area contributed by atoms with Gasteiger partial charge in [0.05, 0.1) is 10.9 Å². The SMILES string of the molecule is O=c1oc(=O)n(CC2CC2)c2ccc(Cl)cc12. The fourth-order valence-corrected chi connectivity index (χ4v) is 2.10. The molecule has 1 saturated carbocycles. The fourth-order valence-electron chi connectivity index (χ4n) is 1.93. The summed E-state index contributed by atoms with van der Waals surface area (Å²) in [6, 6.07) is 4.90. The van der Waals surface area contributed by atoms with E-state index in [1.807, 2.05) is 0 Å². The molecule has 1 aromatic carbocycles. The summed E-state index contributed by atoms with van der Waals surface area (Å²) in [5.41, 5.74) is -0.0258. The van der Waals surface area contributed by atoms with Crippen LogP contribution in [0.1, 0.15) is 12.8 Å². The molecule has 2 aromatic rings. The zero-order valence-electron chi connectivity index (χ0n) is 8.98. The average Bonchev–Trinajstić information content (AvgIpc) is 3.08. The first-order valence-corrected chi connectivity index (χ1v) is 5.86. The third-order valence-electron chi connectivity index (χ3n) is 3.01. The molecule has 0 N–H and O–H groups in total. The standard InChI is InChI=1S/C12H10ClNO3/c13-8-3-4-10-9(5-8)11(15)17-12(16)14(10)6-7-1-2-7/h3-5,7H,1-2,6H2. The first-order chi connectivity index (χ1) is 8.15. The van der Waals surface area contributed by atoms with Gasteiger partial charge in [0.15, 0.2) is 0 Å². The number of hydrogen-bond acceptors (Lipinski definition) is 3. The molecule has 1 aliphatic rings. The van der Waals surface area contributed by atoms with Gasteiger partial charge < -0.3 is 4.42 Å². The average molecular weight is 252 g/mol. The number of hydrogen-bond donors (Lipinski definition) is 0. The molecular formula is C12H10ClNO3. The molecule has 4 nitrogen and oxygen atoms in total. The molecule has 88 valence electrons. The van der Waals surface area contributed by atoms with Crippen LogP contribution in [0.2, 0.25) is 5.02 Å². The van der Waals surface area contributed by atoms with Gasteiger partial charge in [-0.2, -0.15) is 0 Å². The van der Waals surface area contributed by atoms with Crippen LogP contribution in [0.15, 0.2) is 32.2 Å². The molecule has 1 fully saturated rings. The molecule has 0 spiro atoms. The number of rotatable bonds is 2. The second-order valence-electron chi connectivity index (χ2n) is 4.37. The largest absolute Gasteiger partial charge is 0.422 e. The highest BCUT2D eigenvalue weighted by atomic mass is 35.5. The van der Waals surface area contributed by atoms with Crippen molar-refractivity contribution in [2.45, 2.75) is 19.4 Å². The Balaban J connectivity index is 2.32. The maximum absolute atomic E-state index is 11.7. The van der Waals surface area contributed by atoms with Gasteiger partial charge in [0, 0.05) is 11.6 Å². The number of nitrogens with zero attached hydrogens (tertiary/aromatic N) is 1. The van der Waals surface area contributed by atoms with Gasteiger partial charge >= 0.3 is 11.4 Å². The molecule has 1 aliphatic carbocycles. The Morgan fingerprint density at radius 3 is 2.82 bits per heavy atom. The third kappa shape index (κ3) is 1.89. The predicted molar refractivity (Wildman–Crippen MR) is 64.5 cm³/mol. The van der Waals surface area contributed by atoms with Gasteiger partial charge in [-0.1, -0.05) is 11.6 Å². The Morgan fingerprint density at radius 1 is 1.35 bits per heavy atom. The van der Waals surface area contributed by atoms with Gasteiger partial charge in [-0.15, -0.1) is 0 Å². The van der Waals surface area contributed by atoms with Crippen molar-refractivity contribution < 1.29 is 4.42 Å². The van der Waals surface area contributed by atoms with Crippen molar-refractivity contribution in [1.29, 1.82) is 0 Å². The molecule has 0 aliphatic heterocycles. The van der Waals surface area contributed by atoms with E-state index in [4.69, 9.17) is 16.0 Å². The van der Waals surface area contributed by atoms with E-state index in [0.717, 1.165) is 12.8 Å². The second-order valence-corrected chi connectivity index (χ2v) is 4.81. The molecule has 17 heavy (non-hydrogen) atoms. The van der Waals surface area contributed by atoms with Crippen LogP contribution in [0.5, 0.6) is 0 Å². The molecule has 0 saturated heterocycles. The number of halogens is 1. The normalized spacial score (nSPS) is 15.4. The van der Waals surface area contributed by atoms with E-state index in [0.29, 0.717) is 28.4 Å². The van der Waals surface area contributed by atoms with Crippen molar-refractivity contribution in [1.82, 2.24) is 4.57 Å². The highest BCUT2D eigenvalue weighted by Crippen LogP contribution is 2.30. The predicted octanol–water partition coefficient (Wildman–Crippen LogP) is 2.02. The van der Waals surface area contributed by atoms with Gasteiger partial charge in [0.25, 0.3) is 0 Å². The molecule has 0 atom stereocenters. The van der Waals surface area contributed by atoms with Crippen LogP contribution in [0.3, 0.4) is 0 Å². The van der Waals surface area contributed by atoms with E-state index >= 15 is 0 Å². The lowest BCUT2D eigenvalue weighted by molar-refractivity contribution is 0.409. The summed E-state index contributed by atoms with van der Waals surface area (Å²) in [6.45, 7) is 0.612. The quantitative estimate of drug-likeness (QED) is 0.821. The minimum Gasteiger partial charge on any atom is -0.372 e. The summed E-state index contributed by atoms with van der Waals surface area (Å²) < 4.78 is 6.22. The highest BCUT2D eigenvalue weighted by molar-refractivity contribution is 6.31. The van der Waals surface area contributed by atoms with Gasteiger partial charge in [-0.3, -0.25) is 4.57 Å². The van der Waals surface area contributed by atoms with Crippen molar-refractivity contribution in [3.05, 3.63) is 44.2 Å². The van der Waals surface area contributed by atoms with E-state index in [9.17, 15) is 9.59 Å². The maximum Gasteiger partial charge on any atom is 0.422 e. The molecule has 5 heteroatoms.